The zero-order valence-corrected chi connectivity index (χ0v) is 16.2. The van der Waals surface area contributed by atoms with E-state index >= 15 is 0 Å². The number of H-pyrrole nitrogens is 1. The lowest BCUT2D eigenvalue weighted by molar-refractivity contribution is -0.914. The fourth-order valence-corrected chi connectivity index (χ4v) is 3.84. The number of anilines is 2. The summed E-state index contributed by atoms with van der Waals surface area (Å²) >= 11 is 0. The first-order valence-electron chi connectivity index (χ1n) is 9.40. The third-order valence-electron chi connectivity index (χ3n) is 5.37. The van der Waals surface area contributed by atoms with E-state index in [0.717, 1.165) is 48.8 Å². The Balaban J connectivity index is 1.60. The van der Waals surface area contributed by atoms with Crippen LogP contribution in [0.15, 0.2) is 36.5 Å². The van der Waals surface area contributed by atoms with Gasteiger partial charge in [-0.05, 0) is 44.9 Å². The lowest BCUT2D eigenvalue weighted by Crippen LogP contribution is -3.19. The predicted molar refractivity (Wildman–Crippen MR) is 105 cm³/mol. The Morgan fingerprint density at radius 3 is 2.38 bits per heavy atom. The van der Waals surface area contributed by atoms with Crippen molar-refractivity contribution in [2.45, 2.75) is 33.7 Å². The van der Waals surface area contributed by atoms with E-state index in [2.05, 4.69) is 54.2 Å². The van der Waals surface area contributed by atoms with Gasteiger partial charge in [0.2, 0.25) is 0 Å². The van der Waals surface area contributed by atoms with Gasteiger partial charge in [-0.1, -0.05) is 23.8 Å². The maximum atomic E-state index is 12.8. The van der Waals surface area contributed by atoms with Crippen molar-refractivity contribution < 1.29 is 14.7 Å². The van der Waals surface area contributed by atoms with Crippen LogP contribution in [0.25, 0.3) is 0 Å². The lowest BCUT2D eigenvalue weighted by atomic mass is 10.0. The third kappa shape index (κ3) is 4.05. The number of amides is 1. The number of aromatic amines is 1. The quantitative estimate of drug-likeness (QED) is 0.866. The van der Waals surface area contributed by atoms with E-state index in [1.807, 2.05) is 25.3 Å². The Morgan fingerprint density at radius 2 is 1.81 bits per heavy atom. The van der Waals surface area contributed by atoms with Gasteiger partial charge >= 0.3 is 0 Å². The molecule has 1 aromatic heterocycles. The summed E-state index contributed by atoms with van der Waals surface area (Å²) in [5, 5.41) is 3.17. The zero-order valence-electron chi connectivity index (χ0n) is 16.2. The number of hydrogen-bond donors (Lipinski definition) is 2. The summed E-state index contributed by atoms with van der Waals surface area (Å²) in [5.41, 5.74) is 4.44. The number of benzene rings is 1. The Morgan fingerprint density at radius 1 is 1.15 bits per heavy atom. The molecule has 2 aromatic rings. The summed E-state index contributed by atoms with van der Waals surface area (Å²) < 4.78 is 0. The van der Waals surface area contributed by atoms with Crippen molar-refractivity contribution in [2.24, 2.45) is 0 Å². The van der Waals surface area contributed by atoms with Crippen molar-refractivity contribution >= 4 is 17.4 Å². The molecule has 1 aliphatic heterocycles. The number of hydrogen-bond acceptors (Lipinski definition) is 2. The minimum atomic E-state index is -0.0583. The molecule has 1 aliphatic rings. The van der Waals surface area contributed by atoms with Crippen molar-refractivity contribution in [2.75, 3.05) is 36.4 Å². The minimum absolute atomic E-state index is 0.0583. The van der Waals surface area contributed by atoms with Crippen LogP contribution in [0.4, 0.5) is 11.5 Å². The van der Waals surface area contributed by atoms with Gasteiger partial charge in [-0.3, -0.25) is 9.69 Å². The summed E-state index contributed by atoms with van der Waals surface area (Å²) in [6, 6.07) is 10.3. The van der Waals surface area contributed by atoms with Gasteiger partial charge < -0.3 is 10.2 Å². The molecule has 0 radical (unpaired) electrons. The number of carbonyl (C=O) groups excluding carboxylic acids is 1. The molecule has 1 aromatic carbocycles. The van der Waals surface area contributed by atoms with E-state index in [0.29, 0.717) is 0 Å². The number of piperazine rings is 1. The number of aryl methyl sites for hydroxylation is 3. The maximum absolute atomic E-state index is 12.8. The van der Waals surface area contributed by atoms with Gasteiger partial charge in [-0.15, -0.1) is 0 Å². The Labute approximate surface area is 156 Å². The van der Waals surface area contributed by atoms with Crippen LogP contribution in [0.1, 0.15) is 23.6 Å². The molecule has 3 rings (SSSR count). The summed E-state index contributed by atoms with van der Waals surface area (Å²) in [5.74, 6) is 1.25. The standard InChI is InChI=1S/C21H28N4O/c1-15-13-16(2)20(17(3)14-15)23-21(26)18(4)24-9-11-25(12-10-24)19-7-5-6-8-22-19/h5-8,13-14,18H,9-12H2,1-4H3,(H,23,26)/p+2/t18-/m0/s1. The molecule has 0 aliphatic carbocycles. The fraction of sp³-hybridized carbons (Fsp3) is 0.429. The van der Waals surface area contributed by atoms with Gasteiger partial charge in [-0.2, -0.15) is 0 Å². The molecule has 1 fully saturated rings. The summed E-state index contributed by atoms with van der Waals surface area (Å²) in [6.45, 7) is 12.1. The number of nitrogens with zero attached hydrogens (tertiary/aromatic N) is 1. The molecule has 1 atom stereocenters. The van der Waals surface area contributed by atoms with Gasteiger partial charge in [0.25, 0.3) is 11.7 Å². The van der Waals surface area contributed by atoms with Crippen LogP contribution < -0.4 is 20.1 Å². The number of rotatable bonds is 4. The van der Waals surface area contributed by atoms with Gasteiger partial charge in [0.15, 0.2) is 6.04 Å². The van der Waals surface area contributed by atoms with E-state index in [4.69, 9.17) is 0 Å². The summed E-state index contributed by atoms with van der Waals surface area (Å²) in [7, 11) is 0. The average molecular weight is 354 g/mol. The molecule has 0 unspecified atom stereocenters. The molecule has 5 heteroatoms. The van der Waals surface area contributed by atoms with Gasteiger partial charge in [0, 0.05) is 11.8 Å². The van der Waals surface area contributed by atoms with Crippen LogP contribution in [0.3, 0.4) is 0 Å². The number of aromatic nitrogens is 1. The zero-order chi connectivity index (χ0) is 18.7. The van der Waals surface area contributed by atoms with E-state index in [1.54, 1.807) is 0 Å². The van der Waals surface area contributed by atoms with E-state index in [9.17, 15) is 4.79 Å². The molecule has 2 heterocycles. The maximum Gasteiger partial charge on any atom is 0.282 e. The Hall–Kier alpha value is -2.40. The SMILES string of the molecule is Cc1cc(C)c(NC(=O)[C@H](C)[NH+]2CCN(c3cccc[nH+]3)CC2)c(C)c1. The first-order valence-corrected chi connectivity index (χ1v) is 9.40. The van der Waals surface area contributed by atoms with Crippen LogP contribution in [-0.4, -0.2) is 38.1 Å². The highest BCUT2D eigenvalue weighted by Crippen LogP contribution is 2.21. The van der Waals surface area contributed by atoms with Gasteiger partial charge in [-0.25, -0.2) is 4.98 Å². The van der Waals surface area contributed by atoms with Crippen molar-refractivity contribution in [1.82, 2.24) is 0 Å². The topological polar surface area (TPSA) is 50.9 Å². The van der Waals surface area contributed by atoms with E-state index in [-0.39, 0.29) is 11.9 Å². The molecular weight excluding hydrogens is 324 g/mol. The smallest absolute Gasteiger partial charge is 0.282 e. The van der Waals surface area contributed by atoms with Gasteiger partial charge in [0.1, 0.15) is 26.2 Å². The third-order valence-corrected chi connectivity index (χ3v) is 5.37. The van der Waals surface area contributed by atoms with E-state index < -0.39 is 0 Å². The molecule has 26 heavy (non-hydrogen) atoms. The summed E-state index contributed by atoms with van der Waals surface area (Å²) in [4.78, 5) is 19.8. The Kier molecular flexibility index (Phi) is 5.57. The first-order chi connectivity index (χ1) is 12.5. The second-order valence-electron chi connectivity index (χ2n) is 7.38. The molecule has 5 nitrogen and oxygen atoms in total. The first kappa shape index (κ1) is 18.4. The molecule has 0 bridgehead atoms. The number of quaternary nitrogens is 1. The lowest BCUT2D eigenvalue weighted by Gasteiger charge is -2.31. The van der Waals surface area contributed by atoms with Crippen LogP contribution >= 0.6 is 0 Å². The largest absolute Gasteiger partial charge is 0.320 e. The highest BCUT2D eigenvalue weighted by atomic mass is 16.2. The normalized spacial score (nSPS) is 16.4. The molecule has 1 saturated heterocycles. The second kappa shape index (κ2) is 7.87. The highest BCUT2D eigenvalue weighted by Gasteiger charge is 2.32. The summed E-state index contributed by atoms with van der Waals surface area (Å²) in [6.07, 6.45) is 1.96. The van der Waals surface area contributed by atoms with Gasteiger partial charge in [0.05, 0.1) is 6.20 Å². The molecule has 0 spiro atoms. The number of pyridine rings is 1. The monoisotopic (exact) mass is 354 g/mol. The molecule has 3 N–H and O–H groups in total. The average Bonchev–Trinajstić information content (AvgIpc) is 2.64. The Bertz CT molecular complexity index is 744. The highest BCUT2D eigenvalue weighted by molar-refractivity contribution is 5.95. The van der Waals surface area contributed by atoms with Crippen molar-refractivity contribution in [3.8, 4) is 0 Å². The predicted octanol–water partition coefficient (Wildman–Crippen LogP) is 1.16. The van der Waals surface area contributed by atoms with Crippen LogP contribution in [0.2, 0.25) is 0 Å². The van der Waals surface area contributed by atoms with Crippen LogP contribution in [0, 0.1) is 20.8 Å². The number of nitrogens with one attached hydrogen (secondary N) is 3. The van der Waals surface area contributed by atoms with Crippen LogP contribution in [0.5, 0.6) is 0 Å². The molecule has 0 saturated carbocycles. The van der Waals surface area contributed by atoms with Crippen LogP contribution in [-0.2, 0) is 4.79 Å². The molecular formula is C21H30N4O+2. The van der Waals surface area contributed by atoms with E-state index in [1.165, 1.54) is 10.5 Å². The van der Waals surface area contributed by atoms with Crippen molar-refractivity contribution in [3.63, 3.8) is 0 Å². The molecule has 1 amide bonds. The van der Waals surface area contributed by atoms with Crippen molar-refractivity contribution in [1.29, 1.82) is 0 Å². The minimum Gasteiger partial charge on any atom is -0.320 e. The second-order valence-corrected chi connectivity index (χ2v) is 7.38. The molecule has 138 valence electrons. The number of carbonyl (C=O) groups is 1. The fourth-order valence-electron chi connectivity index (χ4n) is 3.84. The van der Waals surface area contributed by atoms with Crippen molar-refractivity contribution in [3.05, 3.63) is 53.2 Å².